The molecule has 88 valence electrons. The number of nitrogens with two attached hydrogens (primary N) is 1. The zero-order chi connectivity index (χ0) is 10.8. The van der Waals surface area contributed by atoms with E-state index in [1.165, 1.54) is 0 Å². The SMILES string of the molecule is COC1CC2NCNC(N)C2CC1OC. The summed E-state index contributed by atoms with van der Waals surface area (Å²) in [6, 6.07) is 0.456. The number of rotatable bonds is 2. The second-order valence-corrected chi connectivity index (χ2v) is 4.40. The molecule has 0 amide bonds. The van der Waals surface area contributed by atoms with Crippen molar-refractivity contribution in [3.8, 4) is 0 Å². The average molecular weight is 215 g/mol. The first-order chi connectivity index (χ1) is 7.26. The Hall–Kier alpha value is -0.200. The van der Waals surface area contributed by atoms with E-state index >= 15 is 0 Å². The van der Waals surface area contributed by atoms with Gasteiger partial charge in [-0.05, 0) is 12.8 Å². The number of methoxy groups -OCH3 is 2. The topological polar surface area (TPSA) is 68.5 Å². The smallest absolute Gasteiger partial charge is 0.0847 e. The van der Waals surface area contributed by atoms with Crippen LogP contribution >= 0.6 is 0 Å². The second-order valence-electron chi connectivity index (χ2n) is 4.40. The molecule has 4 N–H and O–H groups in total. The van der Waals surface area contributed by atoms with Gasteiger partial charge in [0.25, 0.3) is 0 Å². The molecule has 0 aromatic heterocycles. The lowest BCUT2D eigenvalue weighted by atomic mass is 9.78. The van der Waals surface area contributed by atoms with Gasteiger partial charge in [-0.15, -0.1) is 0 Å². The van der Waals surface area contributed by atoms with Crippen molar-refractivity contribution in [3.63, 3.8) is 0 Å². The van der Waals surface area contributed by atoms with Gasteiger partial charge < -0.3 is 20.5 Å². The Labute approximate surface area is 90.7 Å². The van der Waals surface area contributed by atoms with Crippen LogP contribution in [0.1, 0.15) is 12.8 Å². The molecular formula is C10H21N3O2. The molecule has 5 atom stereocenters. The maximum absolute atomic E-state index is 6.05. The predicted octanol–water partition coefficient (Wildman–Crippen LogP) is -0.770. The van der Waals surface area contributed by atoms with Crippen LogP contribution in [0, 0.1) is 5.92 Å². The standard InChI is InChI=1S/C10H21N3O2/c1-14-8-3-6-7(4-9(8)15-2)12-5-13-10(6)11/h6-10,12-13H,3-5,11H2,1-2H3. The highest BCUT2D eigenvalue weighted by atomic mass is 16.5. The van der Waals surface area contributed by atoms with Crippen molar-refractivity contribution in [1.82, 2.24) is 10.6 Å². The number of hydrogen-bond donors (Lipinski definition) is 3. The van der Waals surface area contributed by atoms with Crippen LogP contribution in [0.3, 0.4) is 0 Å². The highest BCUT2D eigenvalue weighted by Gasteiger charge is 2.41. The van der Waals surface area contributed by atoms with E-state index in [1.807, 2.05) is 0 Å². The summed E-state index contributed by atoms with van der Waals surface area (Å²) in [5.74, 6) is 0.440. The number of fused-ring (bicyclic) bond motifs is 1. The van der Waals surface area contributed by atoms with Crippen molar-refractivity contribution in [3.05, 3.63) is 0 Å². The second kappa shape index (κ2) is 4.76. The Morgan fingerprint density at radius 3 is 2.40 bits per heavy atom. The van der Waals surface area contributed by atoms with E-state index in [-0.39, 0.29) is 18.4 Å². The van der Waals surface area contributed by atoms with Crippen LogP contribution < -0.4 is 16.4 Å². The molecule has 1 heterocycles. The number of nitrogens with one attached hydrogen (secondary N) is 2. The van der Waals surface area contributed by atoms with E-state index in [9.17, 15) is 0 Å². The Bertz CT molecular complexity index is 215. The van der Waals surface area contributed by atoms with Gasteiger partial charge in [0.15, 0.2) is 0 Å². The summed E-state index contributed by atoms with van der Waals surface area (Å²) < 4.78 is 10.9. The zero-order valence-corrected chi connectivity index (χ0v) is 9.40. The minimum Gasteiger partial charge on any atom is -0.379 e. The Kier molecular flexibility index (Phi) is 3.58. The highest BCUT2D eigenvalue weighted by molar-refractivity contribution is 4.96. The van der Waals surface area contributed by atoms with E-state index in [4.69, 9.17) is 15.2 Å². The van der Waals surface area contributed by atoms with Gasteiger partial charge in [0.2, 0.25) is 0 Å². The third-order valence-electron chi connectivity index (χ3n) is 3.69. The molecule has 0 bridgehead atoms. The van der Waals surface area contributed by atoms with Crippen molar-refractivity contribution in [2.75, 3.05) is 20.9 Å². The van der Waals surface area contributed by atoms with Crippen molar-refractivity contribution >= 4 is 0 Å². The van der Waals surface area contributed by atoms with Gasteiger partial charge in [0.1, 0.15) is 0 Å². The fraction of sp³-hybridized carbons (Fsp3) is 1.00. The molecule has 1 saturated carbocycles. The van der Waals surface area contributed by atoms with Crippen LogP contribution in [0.25, 0.3) is 0 Å². The van der Waals surface area contributed by atoms with E-state index in [2.05, 4.69) is 10.6 Å². The lowest BCUT2D eigenvalue weighted by molar-refractivity contribution is -0.0882. The van der Waals surface area contributed by atoms with Crippen molar-refractivity contribution < 1.29 is 9.47 Å². The summed E-state index contributed by atoms with van der Waals surface area (Å²) in [6.45, 7) is 0.788. The normalized spacial score (nSPS) is 46.2. The summed E-state index contributed by atoms with van der Waals surface area (Å²) in [6.07, 6.45) is 2.38. The maximum Gasteiger partial charge on any atom is 0.0847 e. The third kappa shape index (κ3) is 2.16. The van der Waals surface area contributed by atoms with Crippen molar-refractivity contribution in [2.45, 2.75) is 37.3 Å². The van der Waals surface area contributed by atoms with E-state index in [1.54, 1.807) is 14.2 Å². The molecule has 2 fully saturated rings. The maximum atomic E-state index is 6.05. The third-order valence-corrected chi connectivity index (χ3v) is 3.69. The van der Waals surface area contributed by atoms with Gasteiger partial charge in [-0.25, -0.2) is 0 Å². The molecular weight excluding hydrogens is 194 g/mol. The molecule has 1 aliphatic carbocycles. The molecule has 15 heavy (non-hydrogen) atoms. The lowest BCUT2D eigenvalue weighted by Gasteiger charge is -2.45. The van der Waals surface area contributed by atoms with Crippen LogP contribution in [-0.2, 0) is 9.47 Å². The first-order valence-electron chi connectivity index (χ1n) is 5.54. The summed E-state index contributed by atoms with van der Waals surface area (Å²) in [5.41, 5.74) is 6.05. The van der Waals surface area contributed by atoms with Gasteiger partial charge in [-0.3, -0.25) is 5.32 Å². The Morgan fingerprint density at radius 1 is 1.07 bits per heavy atom. The minimum absolute atomic E-state index is 0.0757. The number of ether oxygens (including phenoxy) is 2. The number of hydrogen-bond acceptors (Lipinski definition) is 5. The van der Waals surface area contributed by atoms with Gasteiger partial charge in [-0.2, -0.15) is 0 Å². The molecule has 0 spiro atoms. The van der Waals surface area contributed by atoms with Crippen LogP contribution in [0.4, 0.5) is 0 Å². The molecule has 2 rings (SSSR count). The van der Waals surface area contributed by atoms with Gasteiger partial charge in [-0.1, -0.05) is 0 Å². The van der Waals surface area contributed by atoms with Crippen molar-refractivity contribution in [2.24, 2.45) is 11.7 Å². The summed E-state index contributed by atoms with van der Waals surface area (Å²) >= 11 is 0. The van der Waals surface area contributed by atoms with Gasteiger partial charge in [0.05, 0.1) is 18.4 Å². The monoisotopic (exact) mass is 215 g/mol. The predicted molar refractivity (Wildman–Crippen MR) is 57.2 cm³/mol. The van der Waals surface area contributed by atoms with Crippen molar-refractivity contribution in [1.29, 1.82) is 0 Å². The van der Waals surface area contributed by atoms with Gasteiger partial charge in [0, 0.05) is 32.8 Å². The molecule has 0 aromatic carbocycles. The zero-order valence-electron chi connectivity index (χ0n) is 9.40. The summed E-state index contributed by atoms with van der Waals surface area (Å²) in [7, 11) is 3.49. The summed E-state index contributed by atoms with van der Waals surface area (Å²) in [4.78, 5) is 0. The van der Waals surface area contributed by atoms with Crippen LogP contribution in [0.15, 0.2) is 0 Å². The Morgan fingerprint density at radius 2 is 1.73 bits per heavy atom. The molecule has 5 nitrogen and oxygen atoms in total. The average Bonchev–Trinajstić information content (AvgIpc) is 2.28. The molecule has 1 saturated heterocycles. The minimum atomic E-state index is 0.0757. The van der Waals surface area contributed by atoms with Crippen LogP contribution in [0.5, 0.6) is 0 Å². The highest BCUT2D eigenvalue weighted by Crippen LogP contribution is 2.30. The quantitative estimate of drug-likeness (QED) is 0.564. The Balaban J connectivity index is 2.03. The molecule has 1 aliphatic heterocycles. The van der Waals surface area contributed by atoms with E-state index in [0.717, 1.165) is 19.5 Å². The van der Waals surface area contributed by atoms with Crippen LogP contribution in [-0.4, -0.2) is 45.3 Å². The van der Waals surface area contributed by atoms with E-state index < -0.39 is 0 Å². The fourth-order valence-electron chi connectivity index (χ4n) is 2.75. The summed E-state index contributed by atoms with van der Waals surface area (Å²) in [5, 5.41) is 6.66. The molecule has 0 aromatic rings. The first kappa shape index (κ1) is 11.3. The van der Waals surface area contributed by atoms with Gasteiger partial charge >= 0.3 is 0 Å². The lowest BCUT2D eigenvalue weighted by Crippen LogP contribution is -2.65. The first-order valence-corrected chi connectivity index (χ1v) is 5.54. The largest absolute Gasteiger partial charge is 0.379 e. The molecule has 5 unspecified atom stereocenters. The molecule has 2 aliphatic rings. The fourth-order valence-corrected chi connectivity index (χ4v) is 2.75. The molecule has 0 radical (unpaired) electrons. The molecule has 5 heteroatoms. The van der Waals surface area contributed by atoms with Crippen LogP contribution in [0.2, 0.25) is 0 Å². The van der Waals surface area contributed by atoms with E-state index in [0.29, 0.717) is 12.0 Å².